The minimum atomic E-state index is -0.536. The molecule has 1 aromatic heterocycles. The molecule has 1 aromatic carbocycles. The maximum Gasteiger partial charge on any atom is 0.348 e. The summed E-state index contributed by atoms with van der Waals surface area (Å²) >= 11 is 5.86. The molecule has 0 saturated heterocycles. The first-order valence-corrected chi connectivity index (χ1v) is 6.49. The van der Waals surface area contributed by atoms with Crippen LogP contribution in [0.3, 0.4) is 0 Å². The molecule has 102 valence electrons. The monoisotopic (exact) mass is 290 g/mol. The summed E-state index contributed by atoms with van der Waals surface area (Å²) < 4.78 is 0. The van der Waals surface area contributed by atoms with Crippen molar-refractivity contribution in [1.29, 1.82) is 0 Å². The largest absolute Gasteiger partial charge is 0.348 e. The van der Waals surface area contributed by atoms with Gasteiger partial charge in [-0.3, -0.25) is 10.1 Å². The maximum atomic E-state index is 11.2. The molecule has 6 nitrogen and oxygen atoms in total. The molecule has 0 aliphatic carbocycles. The van der Waals surface area contributed by atoms with Crippen LogP contribution in [0.25, 0.3) is 0 Å². The summed E-state index contributed by atoms with van der Waals surface area (Å²) in [6.07, 6.45) is 2.06. The van der Waals surface area contributed by atoms with Gasteiger partial charge in [-0.05, 0) is 25.0 Å². The van der Waals surface area contributed by atoms with Gasteiger partial charge in [-0.15, -0.1) is 0 Å². The van der Waals surface area contributed by atoms with Crippen LogP contribution in [-0.2, 0) is 6.42 Å². The molecule has 1 unspecified atom stereocenters. The van der Waals surface area contributed by atoms with Crippen molar-refractivity contribution in [1.82, 2.24) is 9.97 Å². The van der Waals surface area contributed by atoms with Crippen molar-refractivity contribution in [3.8, 4) is 0 Å². The number of para-hydroxylation sites is 1. The molecule has 0 spiro atoms. The lowest BCUT2D eigenvalue weighted by Gasteiger charge is -2.23. The smallest absolute Gasteiger partial charge is 0.317 e. The van der Waals surface area contributed by atoms with Crippen molar-refractivity contribution >= 4 is 28.8 Å². The number of rotatable bonds is 2. The standard InChI is InChI=1S/C13H11ClN4O2/c1-8-6-9-4-2-3-5-10(9)17(8)13-11(18(19)20)12(14)15-7-16-13/h2-5,7-8H,6H2,1H3. The average molecular weight is 291 g/mol. The molecule has 1 atom stereocenters. The fourth-order valence-corrected chi connectivity index (χ4v) is 2.77. The number of fused-ring (bicyclic) bond motifs is 1. The van der Waals surface area contributed by atoms with Crippen LogP contribution in [-0.4, -0.2) is 20.9 Å². The third-order valence-electron chi connectivity index (χ3n) is 3.38. The molecule has 7 heteroatoms. The Labute approximate surface area is 120 Å². The number of nitro groups is 1. The average Bonchev–Trinajstić information content (AvgIpc) is 2.73. The van der Waals surface area contributed by atoms with Crippen LogP contribution < -0.4 is 4.90 Å². The Kier molecular flexibility index (Phi) is 3.02. The van der Waals surface area contributed by atoms with Gasteiger partial charge in [0.2, 0.25) is 11.0 Å². The van der Waals surface area contributed by atoms with Crippen molar-refractivity contribution in [3.05, 3.63) is 51.4 Å². The molecule has 0 saturated carbocycles. The summed E-state index contributed by atoms with van der Waals surface area (Å²) in [5.74, 6) is 0.243. The number of halogens is 1. The second-order valence-electron chi connectivity index (χ2n) is 4.65. The normalized spacial score (nSPS) is 17.1. The Hall–Kier alpha value is -2.21. The SMILES string of the molecule is CC1Cc2ccccc2N1c1ncnc(Cl)c1[N+](=O)[O-]. The molecule has 0 radical (unpaired) electrons. The number of benzene rings is 1. The van der Waals surface area contributed by atoms with Crippen LogP contribution in [0.4, 0.5) is 17.2 Å². The van der Waals surface area contributed by atoms with Crippen molar-refractivity contribution in [2.45, 2.75) is 19.4 Å². The topological polar surface area (TPSA) is 72.2 Å². The molecular weight excluding hydrogens is 280 g/mol. The Balaban J connectivity index is 2.20. The highest BCUT2D eigenvalue weighted by atomic mass is 35.5. The van der Waals surface area contributed by atoms with Gasteiger partial charge in [-0.2, -0.15) is 0 Å². The van der Waals surface area contributed by atoms with Crippen molar-refractivity contribution in [2.75, 3.05) is 4.90 Å². The van der Waals surface area contributed by atoms with E-state index in [1.54, 1.807) is 0 Å². The lowest BCUT2D eigenvalue weighted by atomic mass is 10.1. The molecule has 3 rings (SSSR count). The zero-order valence-electron chi connectivity index (χ0n) is 10.7. The van der Waals surface area contributed by atoms with Crippen LogP contribution in [0, 0.1) is 10.1 Å². The minimum Gasteiger partial charge on any atom is -0.317 e. The summed E-state index contributed by atoms with van der Waals surface area (Å²) in [4.78, 5) is 20.3. The third kappa shape index (κ3) is 1.89. The molecule has 1 aliphatic rings. The number of hydrogen-bond donors (Lipinski definition) is 0. The first-order chi connectivity index (χ1) is 9.59. The van der Waals surface area contributed by atoms with Crippen molar-refractivity contribution in [3.63, 3.8) is 0 Å². The number of anilines is 2. The fraction of sp³-hybridized carbons (Fsp3) is 0.231. The molecule has 0 bridgehead atoms. The van der Waals surface area contributed by atoms with Crippen LogP contribution in [0.1, 0.15) is 12.5 Å². The van der Waals surface area contributed by atoms with E-state index in [-0.39, 0.29) is 22.7 Å². The van der Waals surface area contributed by atoms with Gasteiger partial charge in [-0.25, -0.2) is 9.97 Å². The van der Waals surface area contributed by atoms with Crippen LogP contribution in [0.15, 0.2) is 30.6 Å². The lowest BCUT2D eigenvalue weighted by molar-refractivity contribution is -0.384. The fourth-order valence-electron chi connectivity index (χ4n) is 2.57. The summed E-state index contributed by atoms with van der Waals surface area (Å²) in [5.41, 5.74) is 1.82. The number of hydrogen-bond acceptors (Lipinski definition) is 5. The first-order valence-electron chi connectivity index (χ1n) is 6.11. The van der Waals surface area contributed by atoms with Gasteiger partial charge in [0.15, 0.2) is 0 Å². The van der Waals surface area contributed by atoms with Gasteiger partial charge in [0, 0.05) is 11.7 Å². The highest BCUT2D eigenvalue weighted by Gasteiger charge is 2.34. The second-order valence-corrected chi connectivity index (χ2v) is 5.00. The quantitative estimate of drug-likeness (QED) is 0.483. The highest BCUT2D eigenvalue weighted by molar-refractivity contribution is 6.31. The number of aromatic nitrogens is 2. The van der Waals surface area contributed by atoms with E-state index >= 15 is 0 Å². The van der Waals surface area contributed by atoms with Crippen molar-refractivity contribution in [2.24, 2.45) is 0 Å². The van der Waals surface area contributed by atoms with Gasteiger partial charge < -0.3 is 4.90 Å². The van der Waals surface area contributed by atoms with Crippen LogP contribution >= 0.6 is 11.6 Å². The van der Waals surface area contributed by atoms with Crippen LogP contribution in [0.5, 0.6) is 0 Å². The second kappa shape index (κ2) is 4.72. The lowest BCUT2D eigenvalue weighted by Crippen LogP contribution is -2.25. The highest BCUT2D eigenvalue weighted by Crippen LogP contribution is 2.42. The minimum absolute atomic E-state index is 0.0806. The van der Waals surface area contributed by atoms with Crippen LogP contribution in [0.2, 0.25) is 5.15 Å². The molecule has 20 heavy (non-hydrogen) atoms. The predicted octanol–water partition coefficient (Wildman–Crippen LogP) is 3.12. The van der Waals surface area contributed by atoms with E-state index < -0.39 is 4.92 Å². The van der Waals surface area contributed by atoms with E-state index in [2.05, 4.69) is 9.97 Å². The van der Waals surface area contributed by atoms with Gasteiger partial charge in [0.25, 0.3) is 0 Å². The first kappa shape index (κ1) is 12.8. The molecule has 0 amide bonds. The zero-order chi connectivity index (χ0) is 14.3. The van der Waals surface area contributed by atoms with E-state index in [1.165, 1.54) is 6.33 Å². The van der Waals surface area contributed by atoms with E-state index in [0.717, 1.165) is 17.7 Å². The molecule has 0 fully saturated rings. The molecule has 0 N–H and O–H groups in total. The van der Waals surface area contributed by atoms with Gasteiger partial charge >= 0.3 is 5.69 Å². The Morgan fingerprint density at radius 2 is 2.15 bits per heavy atom. The third-order valence-corrected chi connectivity index (χ3v) is 3.65. The van der Waals surface area contributed by atoms with Crippen molar-refractivity contribution < 1.29 is 4.92 Å². The van der Waals surface area contributed by atoms with E-state index in [0.29, 0.717) is 0 Å². The summed E-state index contributed by atoms with van der Waals surface area (Å²) in [6, 6.07) is 7.88. The Morgan fingerprint density at radius 3 is 2.90 bits per heavy atom. The Bertz CT molecular complexity index is 692. The summed E-state index contributed by atoms with van der Waals surface area (Å²) in [7, 11) is 0. The predicted molar refractivity (Wildman–Crippen MR) is 75.4 cm³/mol. The molecule has 1 aliphatic heterocycles. The number of nitrogens with zero attached hydrogens (tertiary/aromatic N) is 4. The van der Waals surface area contributed by atoms with Gasteiger partial charge in [0.1, 0.15) is 6.33 Å². The summed E-state index contributed by atoms with van der Waals surface area (Å²) in [5, 5.41) is 11.1. The zero-order valence-corrected chi connectivity index (χ0v) is 11.4. The van der Waals surface area contributed by atoms with E-state index in [9.17, 15) is 10.1 Å². The molecule has 2 aromatic rings. The molecule has 2 heterocycles. The van der Waals surface area contributed by atoms with E-state index in [1.807, 2.05) is 36.1 Å². The maximum absolute atomic E-state index is 11.2. The Morgan fingerprint density at radius 1 is 1.40 bits per heavy atom. The van der Waals surface area contributed by atoms with Gasteiger partial charge in [-0.1, -0.05) is 29.8 Å². The molecular formula is C13H11ClN4O2. The van der Waals surface area contributed by atoms with Gasteiger partial charge in [0.05, 0.1) is 4.92 Å². The summed E-state index contributed by atoms with van der Waals surface area (Å²) in [6.45, 7) is 2.00. The van der Waals surface area contributed by atoms with E-state index in [4.69, 9.17) is 11.6 Å².